The molecular formula is C13H25N3O9S2. The standard InChI is InChI=1S/C13H25N3O9S2/c1-3-5-11(16(4-2)13(18)15-25-27(21,22)23)12(17)14-24-10-6-8-26(19,20)9-7-10/h10-11H,3-9H2,1-2H3,(H,14,17)(H,15,18)(H,21,22,23)/t11-/m0/s1. The number of sulfone groups is 1. The summed E-state index contributed by atoms with van der Waals surface area (Å²) in [5.74, 6) is -0.695. The Labute approximate surface area is 158 Å². The lowest BCUT2D eigenvalue weighted by atomic mass is 10.1. The molecule has 14 heteroatoms. The SMILES string of the molecule is CCC[C@@H](C(=O)NOC1CCS(=O)(=O)CC1)N(CC)C(=O)NOS(=O)(=O)O. The molecule has 158 valence electrons. The number of urea groups is 1. The van der Waals surface area contributed by atoms with Gasteiger partial charge in [-0.25, -0.2) is 18.7 Å². The summed E-state index contributed by atoms with van der Waals surface area (Å²) in [6.07, 6.45) is 0.832. The number of amides is 3. The van der Waals surface area contributed by atoms with Gasteiger partial charge in [0.05, 0.1) is 17.6 Å². The van der Waals surface area contributed by atoms with Gasteiger partial charge in [0.15, 0.2) is 9.84 Å². The van der Waals surface area contributed by atoms with Gasteiger partial charge in [-0.05, 0) is 26.2 Å². The van der Waals surface area contributed by atoms with Crippen LogP contribution in [-0.2, 0) is 34.2 Å². The molecule has 27 heavy (non-hydrogen) atoms. The fourth-order valence-electron chi connectivity index (χ4n) is 2.55. The maximum atomic E-state index is 12.4. The van der Waals surface area contributed by atoms with Crippen LogP contribution in [0.5, 0.6) is 0 Å². The molecule has 1 atom stereocenters. The number of nitrogens with one attached hydrogen (secondary N) is 2. The number of rotatable bonds is 9. The zero-order valence-corrected chi connectivity index (χ0v) is 16.7. The van der Waals surface area contributed by atoms with Gasteiger partial charge in [0.2, 0.25) is 0 Å². The molecule has 1 fully saturated rings. The fraction of sp³-hybridized carbons (Fsp3) is 0.846. The first-order chi connectivity index (χ1) is 12.5. The van der Waals surface area contributed by atoms with Crippen molar-refractivity contribution in [2.24, 2.45) is 0 Å². The summed E-state index contributed by atoms with van der Waals surface area (Å²) in [4.78, 5) is 30.7. The molecule has 0 aromatic carbocycles. The van der Waals surface area contributed by atoms with E-state index in [0.717, 1.165) is 4.90 Å². The van der Waals surface area contributed by atoms with Crippen LogP contribution in [-0.4, -0.2) is 68.4 Å². The number of hydrogen-bond acceptors (Lipinski definition) is 8. The van der Waals surface area contributed by atoms with Gasteiger partial charge in [-0.1, -0.05) is 13.3 Å². The molecule has 12 nitrogen and oxygen atoms in total. The Morgan fingerprint density at radius 1 is 1.22 bits per heavy atom. The van der Waals surface area contributed by atoms with E-state index in [1.54, 1.807) is 19.3 Å². The smallest absolute Gasteiger partial charge is 0.311 e. The Kier molecular flexibility index (Phi) is 8.87. The lowest BCUT2D eigenvalue weighted by molar-refractivity contribution is -0.143. The van der Waals surface area contributed by atoms with Gasteiger partial charge in [-0.15, -0.1) is 4.28 Å². The van der Waals surface area contributed by atoms with Gasteiger partial charge >= 0.3 is 16.4 Å². The van der Waals surface area contributed by atoms with E-state index in [2.05, 4.69) is 9.76 Å². The zero-order chi connectivity index (χ0) is 20.7. The van der Waals surface area contributed by atoms with E-state index in [1.165, 1.54) is 0 Å². The van der Waals surface area contributed by atoms with Gasteiger partial charge in [0, 0.05) is 6.54 Å². The molecule has 3 N–H and O–H groups in total. The van der Waals surface area contributed by atoms with Crippen LogP contribution in [0.1, 0.15) is 39.5 Å². The fourth-order valence-corrected chi connectivity index (χ4v) is 4.17. The molecule has 3 amide bonds. The monoisotopic (exact) mass is 431 g/mol. The average molecular weight is 431 g/mol. The van der Waals surface area contributed by atoms with Crippen molar-refractivity contribution in [2.45, 2.75) is 51.7 Å². The number of hydrogen-bond donors (Lipinski definition) is 3. The lowest BCUT2D eigenvalue weighted by Crippen LogP contribution is -2.53. The predicted octanol–water partition coefficient (Wildman–Crippen LogP) is -0.454. The van der Waals surface area contributed by atoms with Crippen LogP contribution in [0.2, 0.25) is 0 Å². The molecular weight excluding hydrogens is 406 g/mol. The third-order valence-corrected chi connectivity index (χ3v) is 5.91. The maximum Gasteiger partial charge on any atom is 0.418 e. The normalized spacial score (nSPS) is 18.5. The summed E-state index contributed by atoms with van der Waals surface area (Å²) in [7, 11) is -7.95. The molecule has 0 unspecified atom stereocenters. The van der Waals surface area contributed by atoms with Crippen LogP contribution in [0, 0.1) is 0 Å². The Morgan fingerprint density at radius 3 is 2.30 bits per heavy atom. The van der Waals surface area contributed by atoms with Crippen LogP contribution in [0.25, 0.3) is 0 Å². The highest BCUT2D eigenvalue weighted by Crippen LogP contribution is 2.15. The average Bonchev–Trinajstić information content (AvgIpc) is 2.58. The highest BCUT2D eigenvalue weighted by atomic mass is 32.3. The van der Waals surface area contributed by atoms with E-state index < -0.39 is 44.3 Å². The maximum absolute atomic E-state index is 12.4. The van der Waals surface area contributed by atoms with E-state index in [4.69, 9.17) is 9.39 Å². The highest BCUT2D eigenvalue weighted by molar-refractivity contribution is 7.91. The zero-order valence-electron chi connectivity index (χ0n) is 15.1. The first-order valence-corrected chi connectivity index (χ1v) is 11.6. The van der Waals surface area contributed by atoms with Crippen LogP contribution in [0.3, 0.4) is 0 Å². The number of likely N-dealkylation sites (N-methyl/N-ethyl adjacent to an activating group) is 1. The number of carbonyl (C=O) groups is 2. The summed E-state index contributed by atoms with van der Waals surface area (Å²) >= 11 is 0. The predicted molar refractivity (Wildman–Crippen MR) is 93.1 cm³/mol. The van der Waals surface area contributed by atoms with E-state index in [9.17, 15) is 26.4 Å². The minimum Gasteiger partial charge on any atom is -0.311 e. The third-order valence-electron chi connectivity index (χ3n) is 3.90. The van der Waals surface area contributed by atoms with Crippen molar-refractivity contribution in [3.8, 4) is 0 Å². The van der Waals surface area contributed by atoms with Crippen LogP contribution < -0.4 is 11.0 Å². The molecule has 0 radical (unpaired) electrons. The largest absolute Gasteiger partial charge is 0.418 e. The summed E-state index contributed by atoms with van der Waals surface area (Å²) in [6.45, 7) is 3.39. The second-order valence-corrected chi connectivity index (χ2v) is 9.27. The van der Waals surface area contributed by atoms with Gasteiger partial charge in [0.1, 0.15) is 6.04 Å². The van der Waals surface area contributed by atoms with Crippen molar-refractivity contribution >= 4 is 32.2 Å². The molecule has 0 spiro atoms. The first-order valence-electron chi connectivity index (χ1n) is 8.37. The summed E-state index contributed by atoms with van der Waals surface area (Å²) in [5, 5.41) is 0. The number of hydroxylamine groups is 2. The molecule has 0 aromatic rings. The molecule has 1 heterocycles. The number of carbonyl (C=O) groups excluding carboxylic acids is 2. The summed E-state index contributed by atoms with van der Waals surface area (Å²) in [5.41, 5.74) is 3.79. The minimum atomic E-state index is -4.89. The topological polar surface area (TPSA) is 168 Å². The van der Waals surface area contributed by atoms with Crippen molar-refractivity contribution in [2.75, 3.05) is 18.1 Å². The molecule has 1 saturated heterocycles. The Bertz CT molecular complexity index is 709. The van der Waals surface area contributed by atoms with E-state index in [1.807, 2.05) is 0 Å². The third kappa shape index (κ3) is 8.38. The summed E-state index contributed by atoms with van der Waals surface area (Å²) < 4.78 is 56.2. The van der Waals surface area contributed by atoms with Crippen LogP contribution >= 0.6 is 0 Å². The molecule has 0 aromatic heterocycles. The highest BCUT2D eigenvalue weighted by Gasteiger charge is 2.31. The Morgan fingerprint density at radius 2 is 1.81 bits per heavy atom. The second kappa shape index (κ2) is 10.2. The van der Waals surface area contributed by atoms with E-state index >= 15 is 0 Å². The molecule has 1 aliphatic rings. The van der Waals surface area contributed by atoms with E-state index in [0.29, 0.717) is 6.42 Å². The Balaban J connectivity index is 2.67. The second-order valence-electron chi connectivity index (χ2n) is 5.94. The van der Waals surface area contributed by atoms with Crippen molar-refractivity contribution < 1.29 is 40.1 Å². The quantitative estimate of drug-likeness (QED) is 0.323. The van der Waals surface area contributed by atoms with Crippen LogP contribution in [0.4, 0.5) is 4.79 Å². The van der Waals surface area contributed by atoms with Crippen molar-refractivity contribution in [3.63, 3.8) is 0 Å². The number of nitrogens with zero attached hydrogens (tertiary/aromatic N) is 1. The van der Waals surface area contributed by atoms with Crippen molar-refractivity contribution in [1.29, 1.82) is 0 Å². The minimum absolute atomic E-state index is 0.0254. The molecule has 1 rings (SSSR count). The van der Waals surface area contributed by atoms with Gasteiger partial charge in [-0.2, -0.15) is 13.9 Å². The molecule has 0 bridgehead atoms. The van der Waals surface area contributed by atoms with Crippen molar-refractivity contribution in [1.82, 2.24) is 15.9 Å². The van der Waals surface area contributed by atoms with Crippen molar-refractivity contribution in [3.05, 3.63) is 0 Å². The van der Waals surface area contributed by atoms with E-state index in [-0.39, 0.29) is 37.3 Å². The Hall–Kier alpha value is -1.48. The molecule has 0 aliphatic carbocycles. The van der Waals surface area contributed by atoms with Gasteiger partial charge < -0.3 is 4.90 Å². The summed E-state index contributed by atoms with van der Waals surface area (Å²) in [6, 6.07) is -2.02. The molecule has 0 saturated carbocycles. The molecule has 1 aliphatic heterocycles. The van der Waals surface area contributed by atoms with Gasteiger partial charge in [0.25, 0.3) is 5.91 Å². The first kappa shape index (κ1) is 23.6. The van der Waals surface area contributed by atoms with Crippen LogP contribution in [0.15, 0.2) is 0 Å². The van der Waals surface area contributed by atoms with Gasteiger partial charge in [-0.3, -0.25) is 14.2 Å². The lowest BCUT2D eigenvalue weighted by Gasteiger charge is -2.30.